The van der Waals surface area contributed by atoms with E-state index in [0.29, 0.717) is 12.2 Å². The lowest BCUT2D eigenvalue weighted by molar-refractivity contribution is -0.187. The van der Waals surface area contributed by atoms with Gasteiger partial charge in [0.2, 0.25) is 0 Å². The maximum absolute atomic E-state index is 14.7. The fraction of sp³-hybridized carbons (Fsp3) is 0.304. The zero-order chi connectivity index (χ0) is 25.0. The first-order valence-electron chi connectivity index (χ1n) is 10.8. The molecule has 2 aromatic heterocycles. The van der Waals surface area contributed by atoms with Gasteiger partial charge in [-0.3, -0.25) is 4.79 Å². The molecule has 180 valence electrons. The molecular formula is C23H19F4N7O. The van der Waals surface area contributed by atoms with Gasteiger partial charge in [0, 0.05) is 25.4 Å². The SMILES string of the molecule is N#Cc1cccc(F)c1-c1cc(-n2ccc(N3CCCC(N)(C(F)(F)F)C3)n2)c2c(n1)CNC2=O. The van der Waals surface area contributed by atoms with Crippen LogP contribution >= 0.6 is 0 Å². The van der Waals surface area contributed by atoms with E-state index in [1.165, 1.54) is 46.1 Å². The van der Waals surface area contributed by atoms with Gasteiger partial charge in [0.05, 0.1) is 46.4 Å². The van der Waals surface area contributed by atoms with Gasteiger partial charge >= 0.3 is 6.18 Å². The molecule has 1 amide bonds. The lowest BCUT2D eigenvalue weighted by Crippen LogP contribution is -2.63. The Bertz CT molecular complexity index is 1380. The van der Waals surface area contributed by atoms with Gasteiger partial charge in [0.15, 0.2) is 5.82 Å². The quantitative estimate of drug-likeness (QED) is 0.552. The van der Waals surface area contributed by atoms with Crippen LogP contribution in [0.2, 0.25) is 0 Å². The van der Waals surface area contributed by atoms with Crippen molar-refractivity contribution < 1.29 is 22.4 Å². The van der Waals surface area contributed by atoms with Crippen molar-refractivity contribution in [2.45, 2.75) is 31.1 Å². The number of benzene rings is 1. The molecule has 1 atom stereocenters. The smallest absolute Gasteiger partial charge is 0.353 e. The summed E-state index contributed by atoms with van der Waals surface area (Å²) in [4.78, 5) is 18.4. The molecule has 1 unspecified atom stereocenters. The van der Waals surface area contributed by atoms with E-state index in [9.17, 15) is 27.6 Å². The van der Waals surface area contributed by atoms with Crippen molar-refractivity contribution in [2.24, 2.45) is 5.73 Å². The van der Waals surface area contributed by atoms with Gasteiger partial charge in [-0.1, -0.05) is 6.07 Å². The molecule has 4 heterocycles. The zero-order valence-electron chi connectivity index (χ0n) is 18.2. The number of anilines is 1. The molecule has 2 aliphatic rings. The van der Waals surface area contributed by atoms with Crippen molar-refractivity contribution in [3.63, 3.8) is 0 Å². The van der Waals surface area contributed by atoms with Crippen molar-refractivity contribution in [2.75, 3.05) is 18.0 Å². The molecule has 35 heavy (non-hydrogen) atoms. The topological polar surface area (TPSA) is 113 Å². The average Bonchev–Trinajstić information content (AvgIpc) is 3.45. The predicted octanol–water partition coefficient (Wildman–Crippen LogP) is 3.05. The van der Waals surface area contributed by atoms with E-state index in [-0.39, 0.29) is 53.3 Å². The van der Waals surface area contributed by atoms with Crippen molar-refractivity contribution in [3.8, 4) is 23.0 Å². The molecule has 12 heteroatoms. The Morgan fingerprint density at radius 1 is 1.23 bits per heavy atom. The Labute approximate surface area is 197 Å². The molecule has 3 aromatic rings. The van der Waals surface area contributed by atoms with Gasteiger partial charge in [-0.25, -0.2) is 14.1 Å². The van der Waals surface area contributed by atoms with Crippen LogP contribution in [0.4, 0.5) is 23.4 Å². The number of hydrogen-bond donors (Lipinski definition) is 2. The number of piperidine rings is 1. The number of hydrogen-bond acceptors (Lipinski definition) is 6. The monoisotopic (exact) mass is 485 g/mol. The fourth-order valence-corrected chi connectivity index (χ4v) is 4.53. The van der Waals surface area contributed by atoms with Crippen molar-refractivity contribution in [1.82, 2.24) is 20.1 Å². The third-order valence-corrected chi connectivity index (χ3v) is 6.34. The number of carbonyl (C=O) groups excluding carboxylic acids is 1. The molecule has 0 saturated carbocycles. The number of amides is 1. The third-order valence-electron chi connectivity index (χ3n) is 6.34. The highest BCUT2D eigenvalue weighted by molar-refractivity contribution is 6.01. The van der Waals surface area contributed by atoms with Crippen LogP contribution in [0.15, 0.2) is 36.5 Å². The minimum atomic E-state index is -4.56. The van der Waals surface area contributed by atoms with Crippen molar-refractivity contribution >= 4 is 11.7 Å². The maximum Gasteiger partial charge on any atom is 0.408 e. The van der Waals surface area contributed by atoms with Gasteiger partial charge < -0.3 is 16.0 Å². The van der Waals surface area contributed by atoms with Gasteiger partial charge in [-0.15, -0.1) is 0 Å². The third kappa shape index (κ3) is 3.77. The summed E-state index contributed by atoms with van der Waals surface area (Å²) in [6, 6.07) is 8.99. The first kappa shape index (κ1) is 22.8. The number of aromatic nitrogens is 3. The maximum atomic E-state index is 14.7. The van der Waals surface area contributed by atoms with E-state index in [1.807, 2.05) is 6.07 Å². The van der Waals surface area contributed by atoms with Crippen LogP contribution < -0.4 is 16.0 Å². The standard InChI is InChI=1S/C23H19F4N7O/c24-14-4-1-3-13(10-28)19(14)15-9-17(20-16(31-15)11-30-21(20)35)34-8-5-18(32-34)33-7-2-6-22(29,12-33)23(25,26)27/h1,3-5,8-9H,2,6-7,11-12,29H2,(H,30,35). The Balaban J connectivity index is 1.58. The molecule has 0 spiro atoms. The number of alkyl halides is 3. The Kier molecular flexibility index (Phi) is 5.25. The summed E-state index contributed by atoms with van der Waals surface area (Å²) in [7, 11) is 0. The second kappa shape index (κ2) is 8.06. The normalized spacial score (nSPS) is 19.9. The minimum Gasteiger partial charge on any atom is -0.353 e. The lowest BCUT2D eigenvalue weighted by Gasteiger charge is -2.41. The number of pyridine rings is 1. The van der Waals surface area contributed by atoms with Crippen LogP contribution in [-0.4, -0.2) is 45.5 Å². The van der Waals surface area contributed by atoms with E-state index >= 15 is 0 Å². The molecule has 2 aliphatic heterocycles. The molecule has 1 fully saturated rings. The average molecular weight is 485 g/mol. The molecule has 8 nitrogen and oxygen atoms in total. The van der Waals surface area contributed by atoms with E-state index in [2.05, 4.69) is 15.4 Å². The van der Waals surface area contributed by atoms with E-state index in [1.54, 1.807) is 0 Å². The second-order valence-electron chi connectivity index (χ2n) is 8.60. The number of nitriles is 1. The van der Waals surface area contributed by atoms with E-state index in [4.69, 9.17) is 5.73 Å². The molecule has 1 saturated heterocycles. The van der Waals surface area contributed by atoms with E-state index in [0.717, 1.165) is 0 Å². The lowest BCUT2D eigenvalue weighted by atomic mass is 9.89. The molecule has 3 N–H and O–H groups in total. The largest absolute Gasteiger partial charge is 0.408 e. The summed E-state index contributed by atoms with van der Waals surface area (Å²) in [5, 5.41) is 16.5. The number of carbonyl (C=O) groups is 1. The number of fused-ring (bicyclic) bond motifs is 1. The number of nitrogens with one attached hydrogen (secondary N) is 1. The Morgan fingerprint density at radius 2 is 2.03 bits per heavy atom. The van der Waals surface area contributed by atoms with Crippen LogP contribution in [0.1, 0.15) is 34.5 Å². The van der Waals surface area contributed by atoms with Crippen LogP contribution in [0.3, 0.4) is 0 Å². The second-order valence-corrected chi connectivity index (χ2v) is 8.60. The van der Waals surface area contributed by atoms with Gasteiger partial charge in [0.1, 0.15) is 11.4 Å². The van der Waals surface area contributed by atoms with Crippen molar-refractivity contribution in [1.29, 1.82) is 5.26 Å². The number of nitrogens with two attached hydrogens (primary N) is 1. The van der Waals surface area contributed by atoms with Crippen LogP contribution in [0.5, 0.6) is 0 Å². The Hall–Kier alpha value is -3.98. The number of rotatable bonds is 3. The Morgan fingerprint density at radius 3 is 2.77 bits per heavy atom. The summed E-state index contributed by atoms with van der Waals surface area (Å²) in [6.45, 7) is -0.00564. The number of nitrogens with zero attached hydrogens (tertiary/aromatic N) is 5. The highest BCUT2D eigenvalue weighted by Gasteiger charge is 2.53. The summed E-state index contributed by atoms with van der Waals surface area (Å²) < 4.78 is 56.5. The summed E-state index contributed by atoms with van der Waals surface area (Å²) in [5.74, 6) is -0.797. The highest BCUT2D eigenvalue weighted by Crippen LogP contribution is 2.37. The van der Waals surface area contributed by atoms with Crippen LogP contribution in [-0.2, 0) is 6.54 Å². The predicted molar refractivity (Wildman–Crippen MR) is 117 cm³/mol. The minimum absolute atomic E-state index is 0.0140. The summed E-state index contributed by atoms with van der Waals surface area (Å²) in [6.07, 6.45) is -3.00. The number of halogens is 4. The molecule has 0 radical (unpaired) electrons. The molecule has 1 aromatic carbocycles. The van der Waals surface area contributed by atoms with Gasteiger partial charge in [0.25, 0.3) is 5.91 Å². The molecular weight excluding hydrogens is 466 g/mol. The van der Waals surface area contributed by atoms with Crippen molar-refractivity contribution in [3.05, 3.63) is 59.2 Å². The highest BCUT2D eigenvalue weighted by atomic mass is 19.4. The first-order valence-corrected chi connectivity index (χ1v) is 10.8. The summed E-state index contributed by atoms with van der Waals surface area (Å²) >= 11 is 0. The fourth-order valence-electron chi connectivity index (χ4n) is 4.53. The van der Waals surface area contributed by atoms with Crippen LogP contribution in [0.25, 0.3) is 16.9 Å². The van der Waals surface area contributed by atoms with Crippen LogP contribution in [0, 0.1) is 17.1 Å². The molecule has 0 aliphatic carbocycles. The van der Waals surface area contributed by atoms with Gasteiger partial charge in [-0.05, 0) is 31.0 Å². The molecule has 5 rings (SSSR count). The van der Waals surface area contributed by atoms with Gasteiger partial charge in [-0.2, -0.15) is 23.5 Å². The first-order chi connectivity index (χ1) is 16.6. The molecule has 0 bridgehead atoms. The zero-order valence-corrected chi connectivity index (χ0v) is 18.2. The summed E-state index contributed by atoms with van der Waals surface area (Å²) in [5.41, 5.74) is 4.36. The van der Waals surface area contributed by atoms with E-state index < -0.39 is 30.0 Å².